The minimum absolute atomic E-state index is 0.362. The Balaban J connectivity index is 1.25. The maximum atomic E-state index is 3.61. The SMILES string of the molecule is Brc1ccc(N(c2ccc(-c3ccccc3)cc2)c2ccc(-c3ccc(-c4ccccc4)c(C4C=CC=CC4)c3)cc2)cc1. The van der Waals surface area contributed by atoms with Crippen LogP contribution in [0.15, 0.2) is 180 Å². The summed E-state index contributed by atoms with van der Waals surface area (Å²) in [6, 6.07) is 54.5. The minimum atomic E-state index is 0.362. The van der Waals surface area contributed by atoms with Crippen molar-refractivity contribution >= 4 is 33.0 Å². The quantitative estimate of drug-likeness (QED) is 0.170. The predicted molar refractivity (Wildman–Crippen MR) is 191 cm³/mol. The second kappa shape index (κ2) is 12.8. The summed E-state index contributed by atoms with van der Waals surface area (Å²) in [6.45, 7) is 0. The van der Waals surface area contributed by atoms with E-state index in [1.165, 1.54) is 38.9 Å². The van der Waals surface area contributed by atoms with E-state index in [4.69, 9.17) is 0 Å². The first-order valence-corrected chi connectivity index (χ1v) is 15.9. The third-order valence-corrected chi connectivity index (χ3v) is 8.82. The van der Waals surface area contributed by atoms with Crippen molar-refractivity contribution in [3.63, 3.8) is 0 Å². The number of anilines is 3. The molecule has 1 aliphatic carbocycles. The van der Waals surface area contributed by atoms with Gasteiger partial charge in [0.1, 0.15) is 0 Å². The van der Waals surface area contributed by atoms with E-state index in [9.17, 15) is 0 Å². The Morgan fingerprint density at radius 2 is 0.977 bits per heavy atom. The smallest absolute Gasteiger partial charge is 0.0462 e. The van der Waals surface area contributed by atoms with Gasteiger partial charge in [-0.05, 0) is 100.0 Å². The largest absolute Gasteiger partial charge is 0.311 e. The highest BCUT2D eigenvalue weighted by molar-refractivity contribution is 9.10. The lowest BCUT2D eigenvalue weighted by molar-refractivity contribution is 0.856. The molecule has 44 heavy (non-hydrogen) atoms. The Kier molecular flexibility index (Phi) is 8.08. The van der Waals surface area contributed by atoms with E-state index in [-0.39, 0.29) is 0 Å². The van der Waals surface area contributed by atoms with Crippen LogP contribution in [0.4, 0.5) is 17.1 Å². The van der Waals surface area contributed by atoms with Crippen LogP contribution in [-0.2, 0) is 0 Å². The zero-order chi connectivity index (χ0) is 29.7. The second-order valence-corrected chi connectivity index (χ2v) is 12.0. The van der Waals surface area contributed by atoms with Crippen LogP contribution in [0.25, 0.3) is 33.4 Å². The molecule has 0 fully saturated rings. The highest BCUT2D eigenvalue weighted by Gasteiger charge is 2.17. The first-order valence-electron chi connectivity index (χ1n) is 15.1. The van der Waals surface area contributed by atoms with Gasteiger partial charge in [-0.25, -0.2) is 0 Å². The van der Waals surface area contributed by atoms with Crippen LogP contribution in [0.3, 0.4) is 0 Å². The van der Waals surface area contributed by atoms with Crippen LogP contribution in [-0.4, -0.2) is 0 Å². The molecule has 1 aliphatic rings. The van der Waals surface area contributed by atoms with Crippen LogP contribution in [0.5, 0.6) is 0 Å². The summed E-state index contributed by atoms with van der Waals surface area (Å²) in [5, 5.41) is 0. The van der Waals surface area contributed by atoms with Gasteiger partial charge in [0.15, 0.2) is 0 Å². The molecular weight excluding hydrogens is 598 g/mol. The molecule has 0 aromatic heterocycles. The van der Waals surface area contributed by atoms with E-state index in [2.05, 4.69) is 197 Å². The molecular formula is C42H32BrN. The van der Waals surface area contributed by atoms with E-state index in [0.717, 1.165) is 28.0 Å². The fraction of sp³-hybridized carbons (Fsp3) is 0.0476. The molecule has 0 saturated heterocycles. The number of rotatable bonds is 7. The molecule has 0 bridgehead atoms. The second-order valence-electron chi connectivity index (χ2n) is 11.1. The fourth-order valence-electron chi connectivity index (χ4n) is 6.01. The number of halogens is 1. The molecule has 0 radical (unpaired) electrons. The Morgan fingerprint density at radius 1 is 0.477 bits per heavy atom. The first-order chi connectivity index (χ1) is 21.7. The summed E-state index contributed by atoms with van der Waals surface area (Å²) >= 11 is 3.61. The number of benzene rings is 6. The van der Waals surface area contributed by atoms with Crippen LogP contribution in [0, 0.1) is 0 Å². The highest BCUT2D eigenvalue weighted by atomic mass is 79.9. The van der Waals surface area contributed by atoms with Crippen molar-refractivity contribution in [2.45, 2.75) is 12.3 Å². The van der Waals surface area contributed by atoms with Gasteiger partial charge in [0.2, 0.25) is 0 Å². The summed E-state index contributed by atoms with van der Waals surface area (Å²) in [5.74, 6) is 0.362. The molecule has 212 valence electrons. The lowest BCUT2D eigenvalue weighted by Gasteiger charge is -2.26. The van der Waals surface area contributed by atoms with Gasteiger partial charge in [-0.2, -0.15) is 0 Å². The molecule has 6 aromatic carbocycles. The standard InChI is InChI=1S/C42H32BrN/c43-37-21-27-40(28-22-37)44(38-23-16-32(17-24-38)31-10-4-1-5-11-31)39-25-18-33(19-26-39)36-20-29-41(34-12-6-2-7-13-34)42(30-36)35-14-8-3-9-15-35/h1-14,16-30,35H,15H2. The van der Waals surface area contributed by atoms with Gasteiger partial charge in [-0.1, -0.05) is 137 Å². The van der Waals surface area contributed by atoms with Crippen molar-refractivity contribution in [1.82, 2.24) is 0 Å². The molecule has 0 aliphatic heterocycles. The van der Waals surface area contributed by atoms with E-state index in [1.807, 2.05) is 0 Å². The molecule has 6 aromatic rings. The van der Waals surface area contributed by atoms with E-state index in [1.54, 1.807) is 0 Å². The lowest BCUT2D eigenvalue weighted by atomic mass is 9.85. The molecule has 0 N–H and O–H groups in total. The van der Waals surface area contributed by atoms with Crippen molar-refractivity contribution in [1.29, 1.82) is 0 Å². The zero-order valence-electron chi connectivity index (χ0n) is 24.4. The maximum absolute atomic E-state index is 3.61. The third-order valence-electron chi connectivity index (χ3n) is 8.29. The highest BCUT2D eigenvalue weighted by Crippen LogP contribution is 2.39. The van der Waals surface area contributed by atoms with Crippen LogP contribution in [0.1, 0.15) is 17.9 Å². The van der Waals surface area contributed by atoms with E-state index < -0.39 is 0 Å². The Morgan fingerprint density at radius 3 is 1.55 bits per heavy atom. The van der Waals surface area contributed by atoms with Crippen LogP contribution >= 0.6 is 15.9 Å². The molecule has 2 heteroatoms. The van der Waals surface area contributed by atoms with Gasteiger partial charge in [0.25, 0.3) is 0 Å². The van der Waals surface area contributed by atoms with Crippen molar-refractivity contribution < 1.29 is 0 Å². The van der Waals surface area contributed by atoms with E-state index >= 15 is 0 Å². The van der Waals surface area contributed by atoms with Gasteiger partial charge < -0.3 is 4.90 Å². The lowest BCUT2D eigenvalue weighted by Crippen LogP contribution is -2.09. The van der Waals surface area contributed by atoms with Crippen molar-refractivity contribution in [2.75, 3.05) is 4.90 Å². The van der Waals surface area contributed by atoms with Crippen molar-refractivity contribution in [3.8, 4) is 33.4 Å². The molecule has 7 rings (SSSR count). The number of nitrogens with zero attached hydrogens (tertiary/aromatic N) is 1. The molecule has 0 saturated carbocycles. The number of hydrogen-bond acceptors (Lipinski definition) is 1. The predicted octanol–water partition coefficient (Wildman–Crippen LogP) is 12.5. The average molecular weight is 631 g/mol. The summed E-state index contributed by atoms with van der Waals surface area (Å²) in [7, 11) is 0. The Labute approximate surface area is 268 Å². The zero-order valence-corrected chi connectivity index (χ0v) is 25.9. The van der Waals surface area contributed by atoms with Gasteiger partial charge in [-0.3, -0.25) is 0 Å². The summed E-state index contributed by atoms with van der Waals surface area (Å²) in [6.07, 6.45) is 9.93. The first kappa shape index (κ1) is 27.9. The minimum Gasteiger partial charge on any atom is -0.311 e. The normalized spacial score (nSPS) is 14.0. The molecule has 0 amide bonds. The fourth-order valence-corrected chi connectivity index (χ4v) is 6.28. The van der Waals surface area contributed by atoms with Gasteiger partial charge in [0.05, 0.1) is 0 Å². The molecule has 0 heterocycles. The van der Waals surface area contributed by atoms with Gasteiger partial charge in [-0.15, -0.1) is 0 Å². The maximum Gasteiger partial charge on any atom is 0.0462 e. The topological polar surface area (TPSA) is 3.24 Å². The molecule has 1 unspecified atom stereocenters. The van der Waals surface area contributed by atoms with Crippen LogP contribution < -0.4 is 4.90 Å². The van der Waals surface area contributed by atoms with Crippen molar-refractivity contribution in [2.24, 2.45) is 0 Å². The summed E-state index contributed by atoms with van der Waals surface area (Å²) in [5.41, 5.74) is 12.1. The third kappa shape index (κ3) is 5.95. The summed E-state index contributed by atoms with van der Waals surface area (Å²) < 4.78 is 1.06. The average Bonchev–Trinajstić information content (AvgIpc) is 3.11. The van der Waals surface area contributed by atoms with Crippen LogP contribution in [0.2, 0.25) is 0 Å². The summed E-state index contributed by atoms with van der Waals surface area (Å²) in [4.78, 5) is 2.31. The van der Waals surface area contributed by atoms with Gasteiger partial charge >= 0.3 is 0 Å². The van der Waals surface area contributed by atoms with E-state index in [0.29, 0.717) is 5.92 Å². The molecule has 0 spiro atoms. The number of allylic oxidation sites excluding steroid dienone is 4. The monoisotopic (exact) mass is 629 g/mol. The Bertz CT molecular complexity index is 1900. The van der Waals surface area contributed by atoms with Gasteiger partial charge in [0, 0.05) is 27.5 Å². The number of hydrogen-bond donors (Lipinski definition) is 0. The Hall–Kier alpha value is -4.92. The van der Waals surface area contributed by atoms with Crippen molar-refractivity contribution in [3.05, 3.63) is 186 Å². The molecule has 1 nitrogen and oxygen atoms in total. The molecule has 1 atom stereocenters.